The molecule has 0 saturated carbocycles. The molecule has 3 aromatic heterocycles. The molecule has 0 atom stereocenters. The molecule has 0 fully saturated rings. The number of carboxylic acids is 1. The number of methoxy groups -OCH3 is 1. The summed E-state index contributed by atoms with van der Waals surface area (Å²) in [6, 6.07) is 8.36. The first-order valence-corrected chi connectivity index (χ1v) is 12.1. The zero-order valence-electron chi connectivity index (χ0n) is 19.8. The van der Waals surface area contributed by atoms with E-state index < -0.39 is 5.97 Å². The van der Waals surface area contributed by atoms with Gasteiger partial charge >= 0.3 is 5.97 Å². The standard InChI is InChI=1S/C25H27FN4O4S/c1-4-5-8-34-21-13-22(35-24(21)25(31)32)18-12-23(29-14-28-18)27-6-7-30-15(2)9-17-19(30)10-16(26)11-20(17)33-3/h9-14H,4-8H2,1-3H3,(H,31,32)(H,27,28,29). The van der Waals surface area contributed by atoms with Gasteiger partial charge < -0.3 is 24.5 Å². The lowest BCUT2D eigenvalue weighted by molar-refractivity contribution is 0.0698. The first-order chi connectivity index (χ1) is 16.9. The molecule has 0 saturated heterocycles. The van der Waals surface area contributed by atoms with Crippen molar-refractivity contribution in [2.75, 3.05) is 25.6 Å². The van der Waals surface area contributed by atoms with Gasteiger partial charge in [0.25, 0.3) is 0 Å². The van der Waals surface area contributed by atoms with E-state index in [1.807, 2.05) is 24.5 Å². The Hall–Kier alpha value is -3.66. The lowest BCUT2D eigenvalue weighted by atomic mass is 10.2. The molecule has 2 N–H and O–H groups in total. The molecule has 0 unspecified atom stereocenters. The third-order valence-electron chi connectivity index (χ3n) is 5.58. The first-order valence-electron chi connectivity index (χ1n) is 11.3. The largest absolute Gasteiger partial charge is 0.496 e. The van der Waals surface area contributed by atoms with Gasteiger partial charge in [-0.1, -0.05) is 13.3 Å². The van der Waals surface area contributed by atoms with Crippen LogP contribution in [0, 0.1) is 12.7 Å². The summed E-state index contributed by atoms with van der Waals surface area (Å²) < 4.78 is 27.1. The number of hydrogen-bond donors (Lipinski definition) is 2. The van der Waals surface area contributed by atoms with Crippen molar-refractivity contribution >= 4 is 34.0 Å². The summed E-state index contributed by atoms with van der Waals surface area (Å²) in [6.07, 6.45) is 3.24. The molecule has 1 aromatic carbocycles. The van der Waals surface area contributed by atoms with Crippen molar-refractivity contribution in [3.63, 3.8) is 0 Å². The minimum atomic E-state index is -1.03. The van der Waals surface area contributed by atoms with Gasteiger partial charge in [-0.3, -0.25) is 0 Å². The molecular weight excluding hydrogens is 471 g/mol. The number of anilines is 1. The van der Waals surface area contributed by atoms with Gasteiger partial charge in [0.1, 0.15) is 29.5 Å². The number of hydrogen-bond acceptors (Lipinski definition) is 7. The van der Waals surface area contributed by atoms with Crippen molar-refractivity contribution in [2.45, 2.75) is 33.2 Å². The van der Waals surface area contributed by atoms with Crippen LogP contribution in [0.4, 0.5) is 10.2 Å². The second-order valence-corrected chi connectivity index (χ2v) is 9.06. The first kappa shape index (κ1) is 24.5. The van der Waals surface area contributed by atoms with Gasteiger partial charge in [-0.2, -0.15) is 0 Å². The molecule has 0 radical (unpaired) electrons. The van der Waals surface area contributed by atoms with Crippen LogP contribution < -0.4 is 14.8 Å². The van der Waals surface area contributed by atoms with E-state index in [9.17, 15) is 14.3 Å². The number of nitrogens with one attached hydrogen (secondary N) is 1. The van der Waals surface area contributed by atoms with Crippen LogP contribution in [0.2, 0.25) is 0 Å². The number of aromatic carboxylic acids is 1. The van der Waals surface area contributed by atoms with Crippen LogP contribution in [-0.4, -0.2) is 45.9 Å². The highest BCUT2D eigenvalue weighted by molar-refractivity contribution is 7.17. The SMILES string of the molecule is CCCCOc1cc(-c2cc(NCCn3c(C)cc4c(OC)cc(F)cc43)ncn2)sc1C(=O)O. The number of aryl methyl sites for hydroxylation is 1. The van der Waals surface area contributed by atoms with Gasteiger partial charge in [-0.15, -0.1) is 11.3 Å². The number of rotatable bonds is 11. The van der Waals surface area contributed by atoms with E-state index in [1.54, 1.807) is 12.1 Å². The predicted molar refractivity (Wildman–Crippen MR) is 134 cm³/mol. The molecule has 4 rings (SSSR count). The van der Waals surface area contributed by atoms with E-state index in [1.165, 1.54) is 25.6 Å². The summed E-state index contributed by atoms with van der Waals surface area (Å²) in [5.74, 6) is 0.0904. The summed E-state index contributed by atoms with van der Waals surface area (Å²) in [4.78, 5) is 21.1. The molecule has 10 heteroatoms. The number of halogens is 1. The third kappa shape index (κ3) is 5.37. The van der Waals surface area contributed by atoms with Gasteiger partial charge in [0.2, 0.25) is 0 Å². The van der Waals surface area contributed by atoms with Gasteiger partial charge in [-0.25, -0.2) is 19.2 Å². The summed E-state index contributed by atoms with van der Waals surface area (Å²) in [7, 11) is 1.53. The highest BCUT2D eigenvalue weighted by Crippen LogP contribution is 2.36. The number of benzene rings is 1. The monoisotopic (exact) mass is 498 g/mol. The van der Waals surface area contributed by atoms with Crippen molar-refractivity contribution in [1.29, 1.82) is 0 Å². The number of fused-ring (bicyclic) bond motifs is 1. The van der Waals surface area contributed by atoms with Crippen molar-refractivity contribution in [1.82, 2.24) is 14.5 Å². The number of nitrogens with zero attached hydrogens (tertiary/aromatic N) is 3. The maximum absolute atomic E-state index is 14.1. The molecule has 0 aliphatic carbocycles. The van der Waals surface area contributed by atoms with Crippen LogP contribution in [0.1, 0.15) is 35.1 Å². The fourth-order valence-corrected chi connectivity index (χ4v) is 4.77. The number of unbranched alkanes of at least 4 members (excludes halogenated alkanes) is 1. The Balaban J connectivity index is 1.49. The third-order valence-corrected chi connectivity index (χ3v) is 6.71. The Bertz CT molecular complexity index is 1350. The molecular formula is C25H27FN4O4S. The molecule has 0 bridgehead atoms. The van der Waals surface area contributed by atoms with Crippen LogP contribution in [0.3, 0.4) is 0 Å². The molecule has 35 heavy (non-hydrogen) atoms. The minimum Gasteiger partial charge on any atom is -0.496 e. The van der Waals surface area contributed by atoms with Crippen LogP contribution in [0.15, 0.2) is 36.7 Å². The number of aromatic nitrogens is 3. The van der Waals surface area contributed by atoms with Crippen molar-refractivity contribution in [3.8, 4) is 22.1 Å². The maximum Gasteiger partial charge on any atom is 0.349 e. The predicted octanol–water partition coefficient (Wildman–Crippen LogP) is 5.61. The highest BCUT2D eigenvalue weighted by atomic mass is 32.1. The molecule has 184 valence electrons. The molecule has 0 spiro atoms. The number of ether oxygens (including phenoxy) is 2. The number of carboxylic acid groups (broad SMARTS) is 1. The van der Waals surface area contributed by atoms with Crippen molar-refractivity contribution < 1.29 is 23.8 Å². The normalized spacial score (nSPS) is 11.1. The van der Waals surface area contributed by atoms with E-state index >= 15 is 0 Å². The van der Waals surface area contributed by atoms with E-state index in [4.69, 9.17) is 9.47 Å². The number of thiophene rings is 1. The minimum absolute atomic E-state index is 0.154. The maximum atomic E-state index is 14.1. The molecule has 0 aliphatic rings. The topological polar surface area (TPSA) is 98.5 Å². The Labute approximate surface area is 206 Å². The van der Waals surface area contributed by atoms with Crippen LogP contribution >= 0.6 is 11.3 Å². The summed E-state index contributed by atoms with van der Waals surface area (Å²) in [5.41, 5.74) is 2.36. The molecule has 3 heterocycles. The quantitative estimate of drug-likeness (QED) is 0.260. The zero-order chi connectivity index (χ0) is 24.9. The van der Waals surface area contributed by atoms with E-state index in [0.717, 1.165) is 40.8 Å². The summed E-state index contributed by atoms with van der Waals surface area (Å²) in [6.45, 7) is 5.60. The smallest absolute Gasteiger partial charge is 0.349 e. The Morgan fingerprint density at radius 1 is 1.20 bits per heavy atom. The van der Waals surface area contributed by atoms with Gasteiger partial charge in [-0.05, 0) is 25.5 Å². The average Bonchev–Trinajstić information content (AvgIpc) is 3.40. The Kier molecular flexibility index (Phi) is 7.50. The van der Waals surface area contributed by atoms with Gasteiger partial charge in [0, 0.05) is 42.4 Å². The fourth-order valence-electron chi connectivity index (χ4n) is 3.86. The Morgan fingerprint density at radius 3 is 2.77 bits per heavy atom. The van der Waals surface area contributed by atoms with Crippen LogP contribution in [0.5, 0.6) is 11.5 Å². The van der Waals surface area contributed by atoms with Crippen LogP contribution in [0.25, 0.3) is 21.5 Å². The van der Waals surface area contributed by atoms with Crippen molar-refractivity contribution in [3.05, 3.63) is 53.0 Å². The van der Waals surface area contributed by atoms with Gasteiger partial charge in [0.15, 0.2) is 4.88 Å². The summed E-state index contributed by atoms with van der Waals surface area (Å²) in [5, 5.41) is 13.7. The van der Waals surface area contributed by atoms with Gasteiger partial charge in [0.05, 0.1) is 29.8 Å². The van der Waals surface area contributed by atoms with E-state index in [-0.39, 0.29) is 10.7 Å². The highest BCUT2D eigenvalue weighted by Gasteiger charge is 2.19. The molecule has 0 amide bonds. The number of carbonyl (C=O) groups is 1. The lowest BCUT2D eigenvalue weighted by Gasteiger charge is -2.11. The summed E-state index contributed by atoms with van der Waals surface area (Å²) >= 11 is 1.12. The van der Waals surface area contributed by atoms with E-state index in [0.29, 0.717) is 47.6 Å². The fraction of sp³-hybridized carbons (Fsp3) is 0.320. The van der Waals surface area contributed by atoms with Crippen molar-refractivity contribution in [2.24, 2.45) is 0 Å². The average molecular weight is 499 g/mol. The molecule has 4 aromatic rings. The second-order valence-electron chi connectivity index (χ2n) is 8.00. The lowest BCUT2D eigenvalue weighted by Crippen LogP contribution is -2.12. The molecule has 8 nitrogen and oxygen atoms in total. The Morgan fingerprint density at radius 2 is 2.03 bits per heavy atom. The molecule has 0 aliphatic heterocycles. The second kappa shape index (κ2) is 10.7. The van der Waals surface area contributed by atoms with E-state index in [2.05, 4.69) is 15.3 Å². The van der Waals surface area contributed by atoms with Crippen LogP contribution in [-0.2, 0) is 6.54 Å². The zero-order valence-corrected chi connectivity index (χ0v) is 20.6.